The Kier molecular flexibility index (Phi) is 9.22. The first kappa shape index (κ1) is 24.3. The summed E-state index contributed by atoms with van der Waals surface area (Å²) < 4.78 is 43.0. The molecule has 1 amide bonds. The predicted molar refractivity (Wildman–Crippen MR) is 110 cm³/mol. The summed E-state index contributed by atoms with van der Waals surface area (Å²) >= 11 is 0. The standard InChI is InChI=1S/C20H30N2O7S/c1-4-16-6-7-17(14-18(16)30(25,26)22-9-12-28-13-10-22)20(24)21(8-11-27-3)15-19(23)29-5-2/h6-7,14H,4-5,8-13,15H2,1-3H3. The van der Waals surface area contributed by atoms with Crippen molar-refractivity contribution in [2.24, 2.45) is 0 Å². The topological polar surface area (TPSA) is 102 Å². The summed E-state index contributed by atoms with van der Waals surface area (Å²) in [6.45, 7) is 5.14. The van der Waals surface area contributed by atoms with E-state index in [0.717, 1.165) is 0 Å². The zero-order valence-electron chi connectivity index (χ0n) is 17.8. The van der Waals surface area contributed by atoms with Gasteiger partial charge in [-0.1, -0.05) is 13.0 Å². The minimum Gasteiger partial charge on any atom is -0.465 e. The van der Waals surface area contributed by atoms with Gasteiger partial charge in [0.15, 0.2) is 0 Å². The molecule has 1 aliphatic rings. The number of carbonyl (C=O) groups is 2. The van der Waals surface area contributed by atoms with Crippen molar-refractivity contribution in [1.82, 2.24) is 9.21 Å². The summed E-state index contributed by atoms with van der Waals surface area (Å²) in [5, 5.41) is 0. The highest BCUT2D eigenvalue weighted by Gasteiger charge is 2.30. The van der Waals surface area contributed by atoms with Crippen molar-refractivity contribution in [2.45, 2.75) is 25.2 Å². The minimum absolute atomic E-state index is 0.112. The van der Waals surface area contributed by atoms with Crippen LogP contribution in [0, 0.1) is 0 Å². The van der Waals surface area contributed by atoms with Crippen molar-refractivity contribution in [2.75, 3.05) is 59.7 Å². The van der Waals surface area contributed by atoms with E-state index in [4.69, 9.17) is 14.2 Å². The van der Waals surface area contributed by atoms with Crippen LogP contribution < -0.4 is 0 Å². The molecule has 0 bridgehead atoms. The van der Waals surface area contributed by atoms with E-state index in [1.165, 1.54) is 22.4 Å². The van der Waals surface area contributed by atoms with Gasteiger partial charge in [0.1, 0.15) is 6.54 Å². The molecule has 0 aliphatic carbocycles. The summed E-state index contributed by atoms with van der Waals surface area (Å²) in [6, 6.07) is 4.64. The van der Waals surface area contributed by atoms with Crippen molar-refractivity contribution in [3.63, 3.8) is 0 Å². The van der Waals surface area contributed by atoms with Crippen LogP contribution in [0.4, 0.5) is 0 Å². The summed E-state index contributed by atoms with van der Waals surface area (Å²) in [5.41, 5.74) is 0.825. The predicted octanol–water partition coefficient (Wildman–Crippen LogP) is 0.922. The van der Waals surface area contributed by atoms with E-state index in [2.05, 4.69) is 0 Å². The number of carbonyl (C=O) groups excluding carboxylic acids is 2. The van der Waals surface area contributed by atoms with Gasteiger partial charge in [-0.15, -0.1) is 0 Å². The molecule has 0 atom stereocenters. The van der Waals surface area contributed by atoms with Crippen molar-refractivity contribution in [3.8, 4) is 0 Å². The lowest BCUT2D eigenvalue weighted by Gasteiger charge is -2.27. The van der Waals surface area contributed by atoms with Gasteiger partial charge in [-0.3, -0.25) is 9.59 Å². The van der Waals surface area contributed by atoms with Crippen molar-refractivity contribution < 1.29 is 32.2 Å². The molecule has 1 aromatic carbocycles. The molecule has 1 heterocycles. The Balaban J connectivity index is 2.36. The van der Waals surface area contributed by atoms with Crippen molar-refractivity contribution in [1.29, 1.82) is 0 Å². The largest absolute Gasteiger partial charge is 0.465 e. The van der Waals surface area contributed by atoms with Gasteiger partial charge < -0.3 is 19.1 Å². The average molecular weight is 443 g/mol. The molecular formula is C20H30N2O7S. The number of methoxy groups -OCH3 is 1. The zero-order valence-corrected chi connectivity index (χ0v) is 18.6. The number of rotatable bonds is 10. The van der Waals surface area contributed by atoms with Crippen LogP contribution in [0.5, 0.6) is 0 Å². The van der Waals surface area contributed by atoms with E-state index in [1.807, 2.05) is 6.92 Å². The number of nitrogens with zero attached hydrogens (tertiary/aromatic N) is 2. The normalized spacial score (nSPS) is 15.0. The quantitative estimate of drug-likeness (QED) is 0.497. The SMILES string of the molecule is CCOC(=O)CN(CCOC)C(=O)c1ccc(CC)c(S(=O)(=O)N2CCOCC2)c1. The van der Waals surface area contributed by atoms with Crippen LogP contribution in [-0.4, -0.2) is 89.2 Å². The molecule has 1 fully saturated rings. The molecule has 0 unspecified atom stereocenters. The Morgan fingerprint density at radius 3 is 2.50 bits per heavy atom. The Morgan fingerprint density at radius 2 is 1.90 bits per heavy atom. The number of morpholine rings is 1. The Labute approximate surface area is 177 Å². The summed E-state index contributed by atoms with van der Waals surface area (Å²) in [6.07, 6.45) is 0.504. The molecule has 10 heteroatoms. The second kappa shape index (κ2) is 11.4. The van der Waals surface area contributed by atoms with E-state index in [-0.39, 0.29) is 49.9 Å². The lowest BCUT2D eigenvalue weighted by molar-refractivity contribution is -0.143. The maximum Gasteiger partial charge on any atom is 0.325 e. The van der Waals surface area contributed by atoms with Crippen LogP contribution in [-0.2, 0) is 35.4 Å². The van der Waals surface area contributed by atoms with Gasteiger partial charge in [0.25, 0.3) is 5.91 Å². The third-order valence-electron chi connectivity index (χ3n) is 4.76. The van der Waals surface area contributed by atoms with E-state index < -0.39 is 21.9 Å². The Hall–Kier alpha value is -2.01. The van der Waals surface area contributed by atoms with Gasteiger partial charge in [0.05, 0.1) is 31.3 Å². The number of hydrogen-bond donors (Lipinski definition) is 0. The van der Waals surface area contributed by atoms with Crippen LogP contribution in [0.15, 0.2) is 23.1 Å². The third-order valence-corrected chi connectivity index (χ3v) is 6.74. The average Bonchev–Trinajstić information content (AvgIpc) is 2.76. The lowest BCUT2D eigenvalue weighted by Crippen LogP contribution is -2.41. The van der Waals surface area contributed by atoms with Gasteiger partial charge in [0, 0.05) is 32.3 Å². The second-order valence-electron chi connectivity index (χ2n) is 6.72. The van der Waals surface area contributed by atoms with Crippen molar-refractivity contribution in [3.05, 3.63) is 29.3 Å². The zero-order chi connectivity index (χ0) is 22.1. The highest BCUT2D eigenvalue weighted by Crippen LogP contribution is 2.24. The third kappa shape index (κ3) is 6.00. The Morgan fingerprint density at radius 1 is 1.20 bits per heavy atom. The van der Waals surface area contributed by atoms with E-state index in [1.54, 1.807) is 19.1 Å². The lowest BCUT2D eigenvalue weighted by atomic mass is 10.1. The first-order chi connectivity index (χ1) is 14.3. The van der Waals surface area contributed by atoms with Gasteiger partial charge in [-0.05, 0) is 31.0 Å². The van der Waals surface area contributed by atoms with Crippen LogP contribution in [0.1, 0.15) is 29.8 Å². The van der Waals surface area contributed by atoms with Gasteiger partial charge in [-0.25, -0.2) is 8.42 Å². The maximum absolute atomic E-state index is 13.2. The highest BCUT2D eigenvalue weighted by atomic mass is 32.2. The fourth-order valence-corrected chi connectivity index (χ4v) is 4.87. The maximum atomic E-state index is 13.2. The summed E-state index contributed by atoms with van der Waals surface area (Å²) in [5.74, 6) is -0.991. The van der Waals surface area contributed by atoms with Crippen LogP contribution in [0.3, 0.4) is 0 Å². The molecule has 1 aliphatic heterocycles. The monoisotopic (exact) mass is 442 g/mol. The van der Waals surface area contributed by atoms with Gasteiger partial charge in [0.2, 0.25) is 10.0 Å². The molecule has 1 aromatic rings. The first-order valence-electron chi connectivity index (χ1n) is 9.99. The van der Waals surface area contributed by atoms with Crippen molar-refractivity contribution >= 4 is 21.9 Å². The molecule has 0 spiro atoms. The number of benzene rings is 1. The van der Waals surface area contributed by atoms with Gasteiger partial charge in [-0.2, -0.15) is 4.31 Å². The van der Waals surface area contributed by atoms with E-state index in [0.29, 0.717) is 25.2 Å². The minimum atomic E-state index is -3.77. The number of esters is 1. The number of hydrogen-bond acceptors (Lipinski definition) is 7. The summed E-state index contributed by atoms with van der Waals surface area (Å²) in [4.78, 5) is 26.4. The van der Waals surface area contributed by atoms with E-state index >= 15 is 0 Å². The highest BCUT2D eigenvalue weighted by molar-refractivity contribution is 7.89. The smallest absolute Gasteiger partial charge is 0.325 e. The second-order valence-corrected chi connectivity index (χ2v) is 8.62. The molecule has 1 saturated heterocycles. The van der Waals surface area contributed by atoms with Crippen LogP contribution >= 0.6 is 0 Å². The fraction of sp³-hybridized carbons (Fsp3) is 0.600. The first-order valence-corrected chi connectivity index (χ1v) is 11.4. The fourth-order valence-electron chi connectivity index (χ4n) is 3.14. The number of ether oxygens (including phenoxy) is 3. The molecular weight excluding hydrogens is 412 g/mol. The van der Waals surface area contributed by atoms with Crippen LogP contribution in [0.2, 0.25) is 0 Å². The molecule has 0 saturated carbocycles. The molecule has 9 nitrogen and oxygen atoms in total. The Bertz CT molecular complexity index is 836. The number of aryl methyl sites for hydroxylation is 1. The summed E-state index contributed by atoms with van der Waals surface area (Å²) in [7, 11) is -2.27. The molecule has 30 heavy (non-hydrogen) atoms. The molecule has 0 aromatic heterocycles. The van der Waals surface area contributed by atoms with E-state index in [9.17, 15) is 18.0 Å². The molecule has 0 N–H and O–H groups in total. The number of amides is 1. The molecule has 168 valence electrons. The molecule has 2 rings (SSSR count). The molecule has 0 radical (unpaired) electrons. The van der Waals surface area contributed by atoms with Gasteiger partial charge >= 0.3 is 5.97 Å². The number of sulfonamides is 1. The van der Waals surface area contributed by atoms with Crippen LogP contribution in [0.25, 0.3) is 0 Å².